The van der Waals surface area contributed by atoms with Gasteiger partial charge in [0, 0.05) is 18.8 Å². The highest BCUT2D eigenvalue weighted by molar-refractivity contribution is 5.17. The molecule has 13 heavy (non-hydrogen) atoms. The summed E-state index contributed by atoms with van der Waals surface area (Å²) in [5, 5.41) is 0. The predicted octanol–water partition coefficient (Wildman–Crippen LogP) is 1.66. The molecule has 1 rings (SSSR count). The average Bonchev–Trinajstić information content (AvgIpc) is 2.16. The van der Waals surface area contributed by atoms with Crippen molar-refractivity contribution in [2.75, 3.05) is 7.11 Å². The maximum atomic E-state index is 11.4. The number of rotatable bonds is 4. The van der Waals surface area contributed by atoms with Gasteiger partial charge in [-0.15, -0.1) is 0 Å². The van der Waals surface area contributed by atoms with Crippen molar-refractivity contribution in [2.45, 2.75) is 26.3 Å². The summed E-state index contributed by atoms with van der Waals surface area (Å²) < 4.78 is 6.64. The first-order valence-electron chi connectivity index (χ1n) is 4.52. The third kappa shape index (κ3) is 2.61. The predicted molar refractivity (Wildman–Crippen MR) is 52.2 cm³/mol. The van der Waals surface area contributed by atoms with Crippen LogP contribution in [0.3, 0.4) is 0 Å². The Bertz CT molecular complexity index is 317. The molecule has 0 amide bonds. The number of aryl methyl sites for hydroxylation is 1. The van der Waals surface area contributed by atoms with E-state index in [2.05, 4.69) is 6.92 Å². The van der Waals surface area contributed by atoms with Crippen LogP contribution >= 0.6 is 0 Å². The van der Waals surface area contributed by atoms with Crippen LogP contribution in [0.15, 0.2) is 23.1 Å². The zero-order valence-corrected chi connectivity index (χ0v) is 8.12. The second-order valence-electron chi connectivity index (χ2n) is 2.95. The van der Waals surface area contributed by atoms with Gasteiger partial charge >= 0.3 is 0 Å². The maximum absolute atomic E-state index is 11.4. The Morgan fingerprint density at radius 1 is 1.54 bits per heavy atom. The van der Waals surface area contributed by atoms with Gasteiger partial charge in [-0.25, -0.2) is 0 Å². The smallest absolute Gasteiger partial charge is 0.254 e. The molecule has 0 radical (unpaired) electrons. The molecule has 3 heteroatoms. The first kappa shape index (κ1) is 9.84. The third-order valence-corrected chi connectivity index (χ3v) is 1.96. The van der Waals surface area contributed by atoms with E-state index >= 15 is 0 Å². The largest absolute Gasteiger partial charge is 0.497 e. The highest BCUT2D eigenvalue weighted by atomic mass is 16.5. The van der Waals surface area contributed by atoms with Gasteiger partial charge < -0.3 is 9.30 Å². The van der Waals surface area contributed by atoms with Crippen LogP contribution in [0.1, 0.15) is 19.8 Å². The van der Waals surface area contributed by atoms with Crippen molar-refractivity contribution in [2.24, 2.45) is 0 Å². The van der Waals surface area contributed by atoms with E-state index in [1.165, 1.54) is 6.07 Å². The summed E-state index contributed by atoms with van der Waals surface area (Å²) in [5.41, 5.74) is 0.00722. The molecule has 1 heterocycles. The van der Waals surface area contributed by atoms with Gasteiger partial charge in [0.05, 0.1) is 7.11 Å². The number of methoxy groups -OCH3 is 1. The molecule has 72 valence electrons. The lowest BCUT2D eigenvalue weighted by Crippen LogP contribution is -2.18. The molecule has 1 aromatic heterocycles. The van der Waals surface area contributed by atoms with E-state index in [1.54, 1.807) is 23.9 Å². The lowest BCUT2D eigenvalue weighted by Gasteiger charge is -2.04. The third-order valence-electron chi connectivity index (χ3n) is 1.96. The molecule has 3 nitrogen and oxygen atoms in total. The molecule has 0 fully saturated rings. The number of unbranched alkanes of at least 4 members (excludes halogenated alkanes) is 1. The lowest BCUT2D eigenvalue weighted by molar-refractivity contribution is 0.411. The van der Waals surface area contributed by atoms with Crippen molar-refractivity contribution in [3.05, 3.63) is 28.7 Å². The molecule has 0 bridgehead atoms. The number of aromatic nitrogens is 1. The van der Waals surface area contributed by atoms with Crippen LogP contribution in [0, 0.1) is 0 Å². The molecule has 0 aliphatic heterocycles. The summed E-state index contributed by atoms with van der Waals surface area (Å²) in [6.45, 7) is 2.90. The van der Waals surface area contributed by atoms with Gasteiger partial charge in [0.15, 0.2) is 0 Å². The SMILES string of the molecule is CCCCn1ccc(OC)cc1=O. The Balaban J connectivity index is 2.80. The number of pyridine rings is 1. The second kappa shape index (κ2) is 4.70. The summed E-state index contributed by atoms with van der Waals surface area (Å²) in [6.07, 6.45) is 3.90. The quantitative estimate of drug-likeness (QED) is 0.707. The van der Waals surface area contributed by atoms with Crippen molar-refractivity contribution in [3.8, 4) is 5.75 Å². The summed E-state index contributed by atoms with van der Waals surface area (Å²) >= 11 is 0. The van der Waals surface area contributed by atoms with E-state index in [9.17, 15) is 4.79 Å². The van der Waals surface area contributed by atoms with E-state index in [0.29, 0.717) is 5.75 Å². The van der Waals surface area contributed by atoms with E-state index < -0.39 is 0 Å². The van der Waals surface area contributed by atoms with Gasteiger partial charge in [-0.1, -0.05) is 13.3 Å². The van der Waals surface area contributed by atoms with Crippen LogP contribution in [0.2, 0.25) is 0 Å². The first-order chi connectivity index (χ1) is 6.27. The summed E-state index contributed by atoms with van der Waals surface area (Å²) in [6, 6.07) is 3.31. The van der Waals surface area contributed by atoms with Crippen LogP contribution in [-0.2, 0) is 6.54 Å². The molecule has 0 saturated heterocycles. The monoisotopic (exact) mass is 181 g/mol. The minimum absolute atomic E-state index is 0.00722. The molecule has 0 N–H and O–H groups in total. The molecule has 0 saturated carbocycles. The topological polar surface area (TPSA) is 31.2 Å². The van der Waals surface area contributed by atoms with Crippen molar-refractivity contribution in [1.29, 1.82) is 0 Å². The highest BCUT2D eigenvalue weighted by Gasteiger charge is 1.96. The number of ether oxygens (including phenoxy) is 1. The fraction of sp³-hybridized carbons (Fsp3) is 0.500. The van der Waals surface area contributed by atoms with E-state index in [0.717, 1.165) is 19.4 Å². The Hall–Kier alpha value is -1.25. The van der Waals surface area contributed by atoms with Gasteiger partial charge in [-0.3, -0.25) is 4.79 Å². The van der Waals surface area contributed by atoms with Gasteiger partial charge in [-0.2, -0.15) is 0 Å². The standard InChI is InChI=1S/C10H15NO2/c1-3-4-6-11-7-5-9(13-2)8-10(11)12/h5,7-8H,3-4,6H2,1-2H3. The van der Waals surface area contributed by atoms with Gasteiger partial charge in [0.25, 0.3) is 5.56 Å². The molecule has 0 aliphatic carbocycles. The van der Waals surface area contributed by atoms with Crippen LogP contribution in [-0.4, -0.2) is 11.7 Å². The van der Waals surface area contributed by atoms with E-state index in [-0.39, 0.29) is 5.56 Å². The fourth-order valence-corrected chi connectivity index (χ4v) is 1.13. The van der Waals surface area contributed by atoms with Crippen LogP contribution in [0.5, 0.6) is 5.75 Å². The molecule has 0 aliphatic rings. The molecule has 0 atom stereocenters. The van der Waals surface area contributed by atoms with Gasteiger partial charge in [0.1, 0.15) is 5.75 Å². The normalized spacial score (nSPS) is 10.0. The number of hydrogen-bond acceptors (Lipinski definition) is 2. The number of nitrogens with zero attached hydrogens (tertiary/aromatic N) is 1. The second-order valence-corrected chi connectivity index (χ2v) is 2.95. The van der Waals surface area contributed by atoms with Crippen molar-refractivity contribution in [3.63, 3.8) is 0 Å². The lowest BCUT2D eigenvalue weighted by atomic mass is 10.3. The molecule has 0 spiro atoms. The fourth-order valence-electron chi connectivity index (χ4n) is 1.13. The average molecular weight is 181 g/mol. The Labute approximate surface area is 78.0 Å². The van der Waals surface area contributed by atoms with Gasteiger partial charge in [-0.05, 0) is 12.5 Å². The molecule has 0 aromatic carbocycles. The summed E-state index contributed by atoms with van der Waals surface area (Å²) in [5.74, 6) is 0.623. The number of hydrogen-bond donors (Lipinski definition) is 0. The first-order valence-corrected chi connectivity index (χ1v) is 4.52. The Morgan fingerprint density at radius 2 is 2.31 bits per heavy atom. The zero-order valence-electron chi connectivity index (χ0n) is 8.12. The van der Waals surface area contributed by atoms with Crippen LogP contribution < -0.4 is 10.3 Å². The Kier molecular flexibility index (Phi) is 3.55. The summed E-state index contributed by atoms with van der Waals surface area (Å²) in [7, 11) is 1.56. The van der Waals surface area contributed by atoms with Crippen LogP contribution in [0.25, 0.3) is 0 Å². The van der Waals surface area contributed by atoms with E-state index in [4.69, 9.17) is 4.74 Å². The van der Waals surface area contributed by atoms with Crippen LogP contribution in [0.4, 0.5) is 0 Å². The van der Waals surface area contributed by atoms with Crippen molar-refractivity contribution < 1.29 is 4.74 Å². The molecular weight excluding hydrogens is 166 g/mol. The highest BCUT2D eigenvalue weighted by Crippen LogP contribution is 2.04. The van der Waals surface area contributed by atoms with Crippen molar-refractivity contribution >= 4 is 0 Å². The molecular formula is C10H15NO2. The maximum Gasteiger partial charge on any atom is 0.254 e. The molecule has 1 aromatic rings. The minimum Gasteiger partial charge on any atom is -0.497 e. The van der Waals surface area contributed by atoms with Gasteiger partial charge in [0.2, 0.25) is 0 Å². The summed E-state index contributed by atoms with van der Waals surface area (Å²) in [4.78, 5) is 11.4. The molecule has 0 unspecified atom stereocenters. The zero-order chi connectivity index (χ0) is 9.68. The van der Waals surface area contributed by atoms with Crippen molar-refractivity contribution in [1.82, 2.24) is 4.57 Å². The van der Waals surface area contributed by atoms with E-state index in [1.807, 2.05) is 0 Å². The minimum atomic E-state index is 0.00722. The Morgan fingerprint density at radius 3 is 2.85 bits per heavy atom.